The summed E-state index contributed by atoms with van der Waals surface area (Å²) in [6.07, 6.45) is -2.62. The molecule has 2 aliphatic heterocycles. The Morgan fingerprint density at radius 3 is 2.78 bits per heavy atom. The standard InChI is InChI=1S/C18H21F3N4O2/c1-10-6-17(7-14(22-10)15-8-25(2)24-23-15)13-4-3-11(18(19,20)21)5-12(13)16(26)9-27-17/h3-5,8,10,14,16,22,26H,6-7,9H2,1-2H3/t10-,14-,16+,17-/m0/s1. The molecule has 146 valence electrons. The van der Waals surface area contributed by atoms with Crippen LogP contribution >= 0.6 is 0 Å². The van der Waals surface area contributed by atoms with E-state index in [0.717, 1.165) is 17.8 Å². The van der Waals surface area contributed by atoms with Crippen LogP contribution < -0.4 is 5.32 Å². The highest BCUT2D eigenvalue weighted by Gasteiger charge is 2.47. The first kappa shape index (κ1) is 18.4. The average molecular weight is 382 g/mol. The summed E-state index contributed by atoms with van der Waals surface area (Å²) in [5, 5.41) is 21.9. The molecule has 1 saturated heterocycles. The van der Waals surface area contributed by atoms with Crippen LogP contribution in [0.2, 0.25) is 0 Å². The molecule has 27 heavy (non-hydrogen) atoms. The first-order valence-corrected chi connectivity index (χ1v) is 8.84. The van der Waals surface area contributed by atoms with Gasteiger partial charge in [-0.25, -0.2) is 0 Å². The molecule has 9 heteroatoms. The number of nitrogens with zero attached hydrogens (tertiary/aromatic N) is 3. The van der Waals surface area contributed by atoms with Crippen LogP contribution in [-0.2, 0) is 23.6 Å². The molecular weight excluding hydrogens is 361 g/mol. The fraction of sp³-hybridized carbons (Fsp3) is 0.556. The van der Waals surface area contributed by atoms with E-state index in [0.29, 0.717) is 24.0 Å². The van der Waals surface area contributed by atoms with E-state index in [1.807, 2.05) is 13.1 Å². The molecule has 0 aliphatic carbocycles. The Labute approximate surface area is 154 Å². The van der Waals surface area contributed by atoms with E-state index in [4.69, 9.17) is 4.74 Å². The van der Waals surface area contributed by atoms with Gasteiger partial charge in [0.25, 0.3) is 0 Å². The third-order valence-corrected chi connectivity index (χ3v) is 5.38. The highest BCUT2D eigenvalue weighted by Crippen LogP contribution is 2.49. The lowest BCUT2D eigenvalue weighted by molar-refractivity contribution is -0.140. The number of fused-ring (bicyclic) bond motifs is 2. The Bertz CT molecular complexity index is 853. The summed E-state index contributed by atoms with van der Waals surface area (Å²) >= 11 is 0. The van der Waals surface area contributed by atoms with Crippen LogP contribution in [0.25, 0.3) is 0 Å². The number of hydrogen-bond donors (Lipinski definition) is 2. The second-order valence-electron chi connectivity index (χ2n) is 7.47. The molecule has 3 heterocycles. The van der Waals surface area contributed by atoms with Crippen molar-refractivity contribution >= 4 is 0 Å². The Morgan fingerprint density at radius 2 is 2.11 bits per heavy atom. The van der Waals surface area contributed by atoms with Crippen LogP contribution in [0.3, 0.4) is 0 Å². The van der Waals surface area contributed by atoms with Gasteiger partial charge in [-0.1, -0.05) is 11.3 Å². The fourth-order valence-corrected chi connectivity index (χ4v) is 4.26. The second-order valence-corrected chi connectivity index (χ2v) is 7.47. The van der Waals surface area contributed by atoms with Crippen LogP contribution in [0.4, 0.5) is 13.2 Å². The van der Waals surface area contributed by atoms with Gasteiger partial charge in [0.1, 0.15) is 6.10 Å². The summed E-state index contributed by atoms with van der Waals surface area (Å²) in [6, 6.07) is 3.47. The molecule has 1 aromatic carbocycles. The lowest BCUT2D eigenvalue weighted by Crippen LogP contribution is -2.50. The monoisotopic (exact) mass is 382 g/mol. The van der Waals surface area contributed by atoms with Crippen molar-refractivity contribution in [1.29, 1.82) is 0 Å². The Morgan fingerprint density at radius 1 is 1.33 bits per heavy atom. The molecule has 2 aliphatic rings. The molecule has 0 saturated carbocycles. The second kappa shape index (κ2) is 6.29. The van der Waals surface area contributed by atoms with Crippen molar-refractivity contribution < 1.29 is 23.0 Å². The Hall–Kier alpha value is -1.97. The van der Waals surface area contributed by atoms with Crippen molar-refractivity contribution in [3.63, 3.8) is 0 Å². The number of aliphatic hydroxyl groups excluding tert-OH is 1. The van der Waals surface area contributed by atoms with Crippen molar-refractivity contribution in [1.82, 2.24) is 20.3 Å². The number of aromatic nitrogens is 3. The predicted octanol–water partition coefficient (Wildman–Crippen LogP) is 2.61. The van der Waals surface area contributed by atoms with Gasteiger partial charge < -0.3 is 15.2 Å². The molecule has 2 aromatic rings. The number of hydrogen-bond acceptors (Lipinski definition) is 5. The maximum atomic E-state index is 13.1. The molecule has 6 nitrogen and oxygen atoms in total. The molecule has 1 fully saturated rings. The number of nitrogens with one attached hydrogen (secondary N) is 1. The number of halogens is 3. The van der Waals surface area contributed by atoms with Crippen molar-refractivity contribution in [2.24, 2.45) is 7.05 Å². The molecule has 0 amide bonds. The molecule has 2 N–H and O–H groups in total. The van der Waals surface area contributed by atoms with Gasteiger partial charge in [0.2, 0.25) is 0 Å². The van der Waals surface area contributed by atoms with Gasteiger partial charge >= 0.3 is 6.18 Å². The van der Waals surface area contributed by atoms with Gasteiger partial charge in [0.15, 0.2) is 0 Å². The number of benzene rings is 1. The van der Waals surface area contributed by atoms with E-state index in [1.54, 1.807) is 11.7 Å². The number of piperidine rings is 1. The van der Waals surface area contributed by atoms with Crippen molar-refractivity contribution in [2.75, 3.05) is 6.61 Å². The highest BCUT2D eigenvalue weighted by molar-refractivity contribution is 5.41. The lowest BCUT2D eigenvalue weighted by atomic mass is 9.74. The molecule has 0 unspecified atom stereocenters. The quantitative estimate of drug-likeness (QED) is 0.793. The minimum Gasteiger partial charge on any atom is -0.386 e. The van der Waals surface area contributed by atoms with E-state index >= 15 is 0 Å². The maximum absolute atomic E-state index is 13.1. The summed E-state index contributed by atoms with van der Waals surface area (Å²) in [4.78, 5) is 0. The molecule has 1 aromatic heterocycles. The molecular formula is C18H21F3N4O2. The van der Waals surface area contributed by atoms with Gasteiger partial charge in [-0.2, -0.15) is 13.2 Å². The number of aryl methyl sites for hydroxylation is 1. The van der Waals surface area contributed by atoms with Gasteiger partial charge in [0, 0.05) is 25.7 Å². The van der Waals surface area contributed by atoms with Gasteiger partial charge in [-0.05, 0) is 36.6 Å². The number of aliphatic hydroxyl groups is 1. The number of alkyl halides is 3. The Kier molecular flexibility index (Phi) is 4.28. The zero-order valence-corrected chi connectivity index (χ0v) is 15.0. The zero-order valence-electron chi connectivity index (χ0n) is 15.0. The highest BCUT2D eigenvalue weighted by atomic mass is 19.4. The Balaban J connectivity index is 1.76. The van der Waals surface area contributed by atoms with Crippen molar-refractivity contribution in [2.45, 2.75) is 49.7 Å². The minimum absolute atomic E-state index is 0.0335. The van der Waals surface area contributed by atoms with E-state index in [9.17, 15) is 18.3 Å². The minimum atomic E-state index is -4.45. The molecule has 0 bridgehead atoms. The SMILES string of the molecule is C[C@H]1C[C@@]2(C[C@@H](c3cn(C)nn3)N1)OC[C@@H](O)c1cc(C(F)(F)F)ccc12. The third-order valence-electron chi connectivity index (χ3n) is 5.38. The lowest BCUT2D eigenvalue weighted by Gasteiger charge is -2.48. The maximum Gasteiger partial charge on any atom is 0.416 e. The summed E-state index contributed by atoms with van der Waals surface area (Å²) in [6.45, 7) is 1.97. The third kappa shape index (κ3) is 3.24. The zero-order chi connectivity index (χ0) is 19.4. The van der Waals surface area contributed by atoms with Crippen LogP contribution in [0, 0.1) is 0 Å². The smallest absolute Gasteiger partial charge is 0.386 e. The van der Waals surface area contributed by atoms with Crippen LogP contribution in [0.5, 0.6) is 0 Å². The van der Waals surface area contributed by atoms with E-state index in [2.05, 4.69) is 15.6 Å². The molecule has 4 rings (SSSR count). The van der Waals surface area contributed by atoms with Gasteiger partial charge in [0.05, 0.1) is 29.5 Å². The average Bonchev–Trinajstić information content (AvgIpc) is 3.04. The van der Waals surface area contributed by atoms with E-state index in [1.165, 1.54) is 6.07 Å². The number of rotatable bonds is 1. The fourth-order valence-electron chi connectivity index (χ4n) is 4.26. The molecule has 4 atom stereocenters. The van der Waals surface area contributed by atoms with Crippen LogP contribution in [0.15, 0.2) is 24.4 Å². The predicted molar refractivity (Wildman–Crippen MR) is 89.6 cm³/mol. The molecule has 0 radical (unpaired) electrons. The van der Waals surface area contributed by atoms with Crippen molar-refractivity contribution in [3.8, 4) is 0 Å². The topological polar surface area (TPSA) is 72.2 Å². The summed E-state index contributed by atoms with van der Waals surface area (Å²) in [5.41, 5.74) is 0.141. The summed E-state index contributed by atoms with van der Waals surface area (Å²) < 4.78 is 47.1. The van der Waals surface area contributed by atoms with Crippen molar-refractivity contribution in [3.05, 3.63) is 46.8 Å². The summed E-state index contributed by atoms with van der Waals surface area (Å²) in [7, 11) is 1.78. The van der Waals surface area contributed by atoms with Gasteiger partial charge in [-0.3, -0.25) is 4.68 Å². The number of ether oxygens (including phenoxy) is 1. The summed E-state index contributed by atoms with van der Waals surface area (Å²) in [5.74, 6) is 0. The largest absolute Gasteiger partial charge is 0.416 e. The first-order chi connectivity index (χ1) is 12.7. The molecule has 1 spiro atoms. The van der Waals surface area contributed by atoms with E-state index < -0.39 is 23.4 Å². The van der Waals surface area contributed by atoms with Crippen LogP contribution in [0.1, 0.15) is 54.3 Å². The van der Waals surface area contributed by atoms with Crippen LogP contribution in [-0.4, -0.2) is 32.7 Å². The van der Waals surface area contributed by atoms with Gasteiger partial charge in [-0.15, -0.1) is 5.10 Å². The normalized spacial score (nSPS) is 31.1. The van der Waals surface area contributed by atoms with E-state index in [-0.39, 0.29) is 18.7 Å². The first-order valence-electron chi connectivity index (χ1n) is 8.84.